The number of halogens is 1. The highest BCUT2D eigenvalue weighted by Gasteiger charge is 2.29. The number of hydrogen-bond acceptors (Lipinski definition) is 6. The Kier molecular flexibility index (Phi) is 3.90. The number of thioether (sulfide) groups is 1. The van der Waals surface area contributed by atoms with Crippen molar-refractivity contribution in [2.24, 2.45) is 0 Å². The van der Waals surface area contributed by atoms with E-state index in [-0.39, 0.29) is 0 Å². The molecule has 2 aromatic heterocycles. The van der Waals surface area contributed by atoms with Gasteiger partial charge in [-0.1, -0.05) is 35.5 Å². The van der Waals surface area contributed by atoms with E-state index in [9.17, 15) is 0 Å². The summed E-state index contributed by atoms with van der Waals surface area (Å²) in [6.07, 6.45) is 2.34. The Labute approximate surface area is 140 Å². The van der Waals surface area contributed by atoms with Crippen molar-refractivity contribution < 1.29 is 4.42 Å². The van der Waals surface area contributed by atoms with E-state index < -0.39 is 0 Å². The number of aromatic nitrogens is 3. The zero-order chi connectivity index (χ0) is 14.9. The van der Waals surface area contributed by atoms with Gasteiger partial charge in [0.15, 0.2) is 0 Å². The van der Waals surface area contributed by atoms with E-state index in [0.717, 1.165) is 32.9 Å². The van der Waals surface area contributed by atoms with Crippen molar-refractivity contribution in [3.63, 3.8) is 0 Å². The molecule has 4 rings (SSSR count). The summed E-state index contributed by atoms with van der Waals surface area (Å²) in [5, 5.41) is 12.6. The molecule has 1 aliphatic carbocycles. The molecular weight excluding hydrogens is 338 g/mol. The van der Waals surface area contributed by atoms with Gasteiger partial charge in [-0.15, -0.1) is 21.5 Å². The SMILES string of the molecule is Clc1ccc(-c2nc(CSc3nnc(C4CC4)o3)cs2)cc1. The van der Waals surface area contributed by atoms with Crippen LogP contribution >= 0.6 is 34.7 Å². The summed E-state index contributed by atoms with van der Waals surface area (Å²) < 4.78 is 5.64. The number of hydrogen-bond donors (Lipinski definition) is 0. The van der Waals surface area contributed by atoms with Crippen LogP contribution in [0.2, 0.25) is 5.02 Å². The van der Waals surface area contributed by atoms with E-state index in [4.69, 9.17) is 16.0 Å². The summed E-state index contributed by atoms with van der Waals surface area (Å²) in [6.45, 7) is 0. The average Bonchev–Trinajstić information content (AvgIpc) is 3.09. The largest absolute Gasteiger partial charge is 0.416 e. The molecule has 0 bridgehead atoms. The molecule has 0 radical (unpaired) electrons. The van der Waals surface area contributed by atoms with Crippen LogP contribution in [0.1, 0.15) is 30.3 Å². The van der Waals surface area contributed by atoms with Crippen molar-refractivity contribution in [2.45, 2.75) is 29.7 Å². The fraction of sp³-hybridized carbons (Fsp3) is 0.267. The Hall–Kier alpha value is -1.37. The van der Waals surface area contributed by atoms with Gasteiger partial charge < -0.3 is 4.42 Å². The first-order valence-electron chi connectivity index (χ1n) is 6.94. The molecule has 0 N–H and O–H groups in total. The maximum absolute atomic E-state index is 5.91. The van der Waals surface area contributed by atoms with Crippen molar-refractivity contribution in [2.75, 3.05) is 0 Å². The van der Waals surface area contributed by atoms with E-state index in [2.05, 4.69) is 20.6 Å². The molecule has 0 unspecified atom stereocenters. The lowest BCUT2D eigenvalue weighted by atomic mass is 10.2. The van der Waals surface area contributed by atoms with E-state index in [0.29, 0.717) is 11.1 Å². The number of nitrogens with zero attached hydrogens (tertiary/aromatic N) is 3. The van der Waals surface area contributed by atoms with E-state index in [1.165, 1.54) is 24.6 Å². The highest BCUT2D eigenvalue weighted by Crippen LogP contribution is 2.40. The lowest BCUT2D eigenvalue weighted by Gasteiger charge is -1.96. The van der Waals surface area contributed by atoms with Crippen LogP contribution in [0.15, 0.2) is 39.3 Å². The molecule has 0 saturated heterocycles. The van der Waals surface area contributed by atoms with E-state index in [1.807, 2.05) is 24.3 Å². The zero-order valence-corrected chi connectivity index (χ0v) is 13.9. The summed E-state index contributed by atoms with van der Waals surface area (Å²) in [7, 11) is 0. The molecule has 7 heteroatoms. The van der Waals surface area contributed by atoms with E-state index >= 15 is 0 Å². The lowest BCUT2D eigenvalue weighted by molar-refractivity contribution is 0.414. The van der Waals surface area contributed by atoms with Gasteiger partial charge in [-0.2, -0.15) is 0 Å². The monoisotopic (exact) mass is 349 g/mol. The Morgan fingerprint density at radius 3 is 2.82 bits per heavy atom. The van der Waals surface area contributed by atoms with Gasteiger partial charge in [0.2, 0.25) is 5.89 Å². The first-order valence-corrected chi connectivity index (χ1v) is 9.19. The second-order valence-corrected chi connectivity index (χ2v) is 7.34. The van der Waals surface area contributed by atoms with Crippen molar-refractivity contribution in [1.82, 2.24) is 15.2 Å². The molecule has 1 saturated carbocycles. The predicted octanol–water partition coefficient (Wildman–Crippen LogP) is 5.02. The van der Waals surface area contributed by atoms with Crippen LogP contribution in [-0.2, 0) is 5.75 Å². The van der Waals surface area contributed by atoms with Crippen molar-refractivity contribution >= 4 is 34.7 Å². The van der Waals surface area contributed by atoms with Crippen LogP contribution in [0, 0.1) is 0 Å². The molecule has 22 heavy (non-hydrogen) atoms. The minimum absolute atomic E-state index is 0.498. The van der Waals surface area contributed by atoms with Gasteiger partial charge in [0.05, 0.1) is 5.69 Å². The lowest BCUT2D eigenvalue weighted by Crippen LogP contribution is -1.82. The van der Waals surface area contributed by atoms with E-state index in [1.54, 1.807) is 11.3 Å². The van der Waals surface area contributed by atoms with Gasteiger partial charge in [-0.3, -0.25) is 0 Å². The second kappa shape index (κ2) is 6.02. The summed E-state index contributed by atoms with van der Waals surface area (Å²) in [4.78, 5) is 4.64. The van der Waals surface area contributed by atoms with Crippen LogP contribution in [0.5, 0.6) is 0 Å². The number of thiazole rings is 1. The predicted molar refractivity (Wildman–Crippen MR) is 88.4 cm³/mol. The summed E-state index contributed by atoms with van der Waals surface area (Å²) in [5.41, 5.74) is 2.10. The molecule has 0 amide bonds. The average molecular weight is 350 g/mol. The highest BCUT2D eigenvalue weighted by molar-refractivity contribution is 7.98. The Morgan fingerprint density at radius 2 is 2.05 bits per heavy atom. The maximum Gasteiger partial charge on any atom is 0.276 e. The standard InChI is InChI=1S/C15H12ClN3OS2/c16-11-5-3-10(4-6-11)14-17-12(7-21-14)8-22-15-19-18-13(20-15)9-1-2-9/h3-7,9H,1-2,8H2. The van der Waals surface area contributed by atoms with Crippen LogP contribution in [0.25, 0.3) is 10.6 Å². The van der Waals surface area contributed by atoms with Gasteiger partial charge in [0.25, 0.3) is 5.22 Å². The molecular formula is C15H12ClN3OS2. The molecule has 3 aromatic rings. The first kappa shape index (κ1) is 14.2. The molecule has 1 aliphatic rings. The molecule has 0 atom stereocenters. The van der Waals surface area contributed by atoms with Gasteiger partial charge in [-0.05, 0) is 25.0 Å². The van der Waals surface area contributed by atoms with Gasteiger partial charge in [-0.25, -0.2) is 4.98 Å². The molecule has 1 fully saturated rings. The minimum atomic E-state index is 0.498. The van der Waals surface area contributed by atoms with Crippen LogP contribution in [-0.4, -0.2) is 15.2 Å². The Balaban J connectivity index is 1.41. The minimum Gasteiger partial charge on any atom is -0.416 e. The van der Waals surface area contributed by atoms with Gasteiger partial charge >= 0.3 is 0 Å². The quantitative estimate of drug-likeness (QED) is 0.605. The molecule has 1 aromatic carbocycles. The third kappa shape index (κ3) is 3.19. The van der Waals surface area contributed by atoms with Crippen LogP contribution in [0.4, 0.5) is 0 Å². The topological polar surface area (TPSA) is 51.8 Å². The molecule has 112 valence electrons. The fourth-order valence-electron chi connectivity index (χ4n) is 2.01. The Morgan fingerprint density at radius 1 is 1.23 bits per heavy atom. The van der Waals surface area contributed by atoms with Crippen molar-refractivity contribution in [3.8, 4) is 10.6 Å². The van der Waals surface area contributed by atoms with Crippen molar-refractivity contribution in [3.05, 3.63) is 46.3 Å². The molecule has 0 spiro atoms. The van der Waals surface area contributed by atoms with Crippen molar-refractivity contribution in [1.29, 1.82) is 0 Å². The molecule has 0 aliphatic heterocycles. The fourth-order valence-corrected chi connectivity index (χ4v) is 3.73. The summed E-state index contributed by atoms with van der Waals surface area (Å²) >= 11 is 9.07. The first-order chi connectivity index (χ1) is 10.8. The third-order valence-electron chi connectivity index (χ3n) is 3.34. The van der Waals surface area contributed by atoms with Gasteiger partial charge in [0.1, 0.15) is 5.01 Å². The van der Waals surface area contributed by atoms with Crippen LogP contribution < -0.4 is 0 Å². The normalized spacial score (nSPS) is 14.4. The number of benzene rings is 1. The van der Waals surface area contributed by atoms with Gasteiger partial charge in [0, 0.05) is 27.6 Å². The second-order valence-electron chi connectivity index (χ2n) is 5.12. The molecule has 4 nitrogen and oxygen atoms in total. The number of rotatable bonds is 5. The highest BCUT2D eigenvalue weighted by atomic mass is 35.5. The summed E-state index contributed by atoms with van der Waals surface area (Å²) in [6, 6.07) is 7.73. The zero-order valence-electron chi connectivity index (χ0n) is 11.5. The Bertz CT molecular complexity index is 780. The smallest absolute Gasteiger partial charge is 0.276 e. The van der Waals surface area contributed by atoms with Crippen LogP contribution in [0.3, 0.4) is 0 Å². The maximum atomic E-state index is 5.91. The summed E-state index contributed by atoms with van der Waals surface area (Å²) in [5.74, 6) is 2.01. The molecule has 2 heterocycles. The third-order valence-corrected chi connectivity index (χ3v) is 5.38.